The number of ketones is 1. The number of nitrogens with zero attached hydrogens (tertiary/aromatic N) is 1. The van der Waals surface area contributed by atoms with Crippen molar-refractivity contribution in [3.05, 3.63) is 53.6 Å². The molecule has 0 saturated heterocycles. The van der Waals surface area contributed by atoms with Crippen LogP contribution in [0, 0.1) is 5.92 Å². The lowest BCUT2D eigenvalue weighted by Gasteiger charge is -2.24. The average Bonchev–Trinajstić information content (AvgIpc) is 2.89. The van der Waals surface area contributed by atoms with Crippen LogP contribution >= 0.6 is 0 Å². The van der Waals surface area contributed by atoms with Gasteiger partial charge in [0.15, 0.2) is 22.9 Å². The maximum absolute atomic E-state index is 13.1. The number of methoxy groups -OCH3 is 2. The summed E-state index contributed by atoms with van der Waals surface area (Å²) in [6, 6.07) is 11.9. The number of anilines is 1. The summed E-state index contributed by atoms with van der Waals surface area (Å²) < 4.78 is 10.4. The van der Waals surface area contributed by atoms with Crippen LogP contribution in [0.25, 0.3) is 0 Å². The Morgan fingerprint density at radius 1 is 1.11 bits per heavy atom. The summed E-state index contributed by atoms with van der Waals surface area (Å²) in [6.45, 7) is 4.48. The Hall–Kier alpha value is -2.86. The molecule has 0 spiro atoms. The Morgan fingerprint density at radius 2 is 1.79 bits per heavy atom. The van der Waals surface area contributed by atoms with E-state index in [9.17, 15) is 14.7 Å². The van der Waals surface area contributed by atoms with Crippen LogP contribution < -0.4 is 14.4 Å². The van der Waals surface area contributed by atoms with Crippen LogP contribution in [0.3, 0.4) is 0 Å². The minimum atomic E-state index is -1.88. The van der Waals surface area contributed by atoms with Gasteiger partial charge in [-0.2, -0.15) is 0 Å². The predicted octanol–water partition coefficient (Wildman–Crippen LogP) is 3.17. The quantitative estimate of drug-likeness (QED) is 0.743. The van der Waals surface area contributed by atoms with Crippen molar-refractivity contribution >= 4 is 17.4 Å². The van der Waals surface area contributed by atoms with E-state index in [1.165, 1.54) is 14.2 Å². The smallest absolute Gasteiger partial charge is 0.264 e. The van der Waals surface area contributed by atoms with Crippen molar-refractivity contribution in [2.24, 2.45) is 5.92 Å². The van der Waals surface area contributed by atoms with Gasteiger partial charge in [0.1, 0.15) is 0 Å². The number of rotatable bonds is 7. The fourth-order valence-corrected chi connectivity index (χ4v) is 3.57. The molecule has 3 rings (SSSR count). The second-order valence-electron chi connectivity index (χ2n) is 7.36. The fraction of sp³-hybridized carbons (Fsp3) is 0.364. The lowest BCUT2D eigenvalue weighted by atomic mass is 9.88. The van der Waals surface area contributed by atoms with Gasteiger partial charge in [0.2, 0.25) is 0 Å². The SMILES string of the molecule is COc1ccc(C(=O)C[C@@]2(O)C(=O)N(CC(C)C)c3ccccc32)cc1OC. The van der Waals surface area contributed by atoms with E-state index in [0.29, 0.717) is 34.9 Å². The number of ether oxygens (including phenoxy) is 2. The number of carbonyl (C=O) groups excluding carboxylic acids is 2. The molecule has 1 atom stereocenters. The molecule has 0 radical (unpaired) electrons. The molecule has 148 valence electrons. The van der Waals surface area contributed by atoms with Crippen molar-refractivity contribution in [1.82, 2.24) is 0 Å². The van der Waals surface area contributed by atoms with E-state index in [4.69, 9.17) is 9.47 Å². The Labute approximate surface area is 164 Å². The highest BCUT2D eigenvalue weighted by Crippen LogP contribution is 2.43. The van der Waals surface area contributed by atoms with Crippen LogP contribution in [-0.4, -0.2) is 37.6 Å². The minimum absolute atomic E-state index is 0.223. The molecule has 0 unspecified atom stereocenters. The van der Waals surface area contributed by atoms with Crippen molar-refractivity contribution in [3.8, 4) is 11.5 Å². The van der Waals surface area contributed by atoms with Crippen molar-refractivity contribution in [1.29, 1.82) is 0 Å². The molecule has 2 aromatic carbocycles. The van der Waals surface area contributed by atoms with Gasteiger partial charge in [0, 0.05) is 17.7 Å². The molecular weight excluding hydrogens is 358 g/mol. The summed E-state index contributed by atoms with van der Waals surface area (Å²) in [5.74, 6) is 0.332. The van der Waals surface area contributed by atoms with Crippen LogP contribution in [0.4, 0.5) is 5.69 Å². The number of para-hydroxylation sites is 1. The van der Waals surface area contributed by atoms with E-state index >= 15 is 0 Å². The number of Topliss-reactive ketones (excluding diaryl/α,β-unsaturated/α-hetero) is 1. The highest BCUT2D eigenvalue weighted by Gasteiger charge is 2.50. The summed E-state index contributed by atoms with van der Waals surface area (Å²) in [5.41, 5.74) is -0.410. The van der Waals surface area contributed by atoms with E-state index in [1.807, 2.05) is 19.9 Å². The normalized spacial score (nSPS) is 18.4. The number of hydrogen-bond donors (Lipinski definition) is 1. The zero-order valence-electron chi connectivity index (χ0n) is 16.6. The van der Waals surface area contributed by atoms with E-state index in [-0.39, 0.29) is 18.1 Å². The Kier molecular flexibility index (Phi) is 5.42. The topological polar surface area (TPSA) is 76.1 Å². The second kappa shape index (κ2) is 7.64. The van der Waals surface area contributed by atoms with Crippen molar-refractivity contribution in [2.45, 2.75) is 25.9 Å². The summed E-state index contributed by atoms with van der Waals surface area (Å²) in [4.78, 5) is 27.6. The minimum Gasteiger partial charge on any atom is -0.493 e. The first-order valence-electron chi connectivity index (χ1n) is 9.21. The second-order valence-corrected chi connectivity index (χ2v) is 7.36. The maximum Gasteiger partial charge on any atom is 0.264 e. The van der Waals surface area contributed by atoms with Gasteiger partial charge in [-0.25, -0.2) is 0 Å². The fourth-order valence-electron chi connectivity index (χ4n) is 3.57. The molecule has 6 heteroatoms. The number of hydrogen-bond acceptors (Lipinski definition) is 5. The van der Waals surface area contributed by atoms with Crippen molar-refractivity contribution in [3.63, 3.8) is 0 Å². The van der Waals surface area contributed by atoms with Crippen LogP contribution in [0.1, 0.15) is 36.2 Å². The van der Waals surface area contributed by atoms with Crippen molar-refractivity contribution < 1.29 is 24.2 Å². The number of benzene rings is 2. The number of fused-ring (bicyclic) bond motifs is 1. The highest BCUT2D eigenvalue weighted by atomic mass is 16.5. The largest absolute Gasteiger partial charge is 0.493 e. The van der Waals surface area contributed by atoms with Gasteiger partial charge in [-0.3, -0.25) is 9.59 Å². The third-order valence-corrected chi connectivity index (χ3v) is 4.91. The molecule has 0 aromatic heterocycles. The molecule has 1 aliphatic heterocycles. The molecule has 1 amide bonds. The molecule has 0 aliphatic carbocycles. The third-order valence-electron chi connectivity index (χ3n) is 4.91. The van der Waals surface area contributed by atoms with Gasteiger partial charge in [-0.05, 0) is 30.2 Å². The van der Waals surface area contributed by atoms with Gasteiger partial charge in [-0.1, -0.05) is 32.0 Å². The number of aliphatic hydroxyl groups is 1. The van der Waals surface area contributed by atoms with Crippen LogP contribution in [0.2, 0.25) is 0 Å². The first kappa shape index (κ1) is 19.9. The monoisotopic (exact) mass is 383 g/mol. The number of carbonyl (C=O) groups is 2. The van der Waals surface area contributed by atoms with Crippen LogP contribution in [0.5, 0.6) is 11.5 Å². The summed E-state index contributed by atoms with van der Waals surface area (Å²) in [7, 11) is 3.00. The molecule has 1 heterocycles. The first-order chi connectivity index (χ1) is 13.3. The first-order valence-corrected chi connectivity index (χ1v) is 9.21. The average molecular weight is 383 g/mol. The molecule has 0 fully saturated rings. The Bertz CT molecular complexity index is 908. The van der Waals surface area contributed by atoms with Gasteiger partial charge in [0.05, 0.1) is 26.3 Å². The molecule has 6 nitrogen and oxygen atoms in total. The third kappa shape index (κ3) is 3.36. The van der Waals surface area contributed by atoms with Gasteiger partial charge in [0.25, 0.3) is 5.91 Å². The Morgan fingerprint density at radius 3 is 2.43 bits per heavy atom. The van der Waals surface area contributed by atoms with Gasteiger partial charge >= 0.3 is 0 Å². The molecular formula is C22H25NO5. The standard InChI is InChI=1S/C22H25NO5/c1-14(2)13-23-17-8-6-5-7-16(17)22(26,21(23)25)12-18(24)15-9-10-19(27-3)20(11-15)28-4/h5-11,14,26H,12-13H2,1-4H3/t22-/m0/s1. The van der Waals surface area contributed by atoms with Crippen LogP contribution in [0.15, 0.2) is 42.5 Å². The van der Waals surface area contributed by atoms with Crippen molar-refractivity contribution in [2.75, 3.05) is 25.7 Å². The maximum atomic E-state index is 13.1. The van der Waals surface area contributed by atoms with Gasteiger partial charge in [-0.15, -0.1) is 0 Å². The molecule has 0 bridgehead atoms. The molecule has 2 aromatic rings. The molecule has 28 heavy (non-hydrogen) atoms. The van der Waals surface area contributed by atoms with Gasteiger partial charge < -0.3 is 19.5 Å². The predicted molar refractivity (Wildman–Crippen MR) is 106 cm³/mol. The highest BCUT2D eigenvalue weighted by molar-refractivity contribution is 6.10. The van der Waals surface area contributed by atoms with E-state index in [2.05, 4.69) is 0 Å². The lowest BCUT2D eigenvalue weighted by Crippen LogP contribution is -2.43. The lowest BCUT2D eigenvalue weighted by molar-refractivity contribution is -0.136. The molecule has 1 N–H and O–H groups in total. The van der Waals surface area contributed by atoms with E-state index in [1.54, 1.807) is 41.3 Å². The summed E-state index contributed by atoms with van der Waals surface area (Å²) in [6.07, 6.45) is -0.340. The van der Waals surface area contributed by atoms with Crippen LogP contribution in [-0.2, 0) is 10.4 Å². The summed E-state index contributed by atoms with van der Waals surface area (Å²) in [5, 5.41) is 11.3. The van der Waals surface area contributed by atoms with E-state index in [0.717, 1.165) is 0 Å². The molecule has 0 saturated carbocycles. The molecule has 1 aliphatic rings. The number of amides is 1. The summed E-state index contributed by atoms with van der Waals surface area (Å²) >= 11 is 0. The van der Waals surface area contributed by atoms with E-state index < -0.39 is 11.5 Å². The zero-order chi connectivity index (χ0) is 20.5. The Balaban J connectivity index is 1.95. The zero-order valence-corrected chi connectivity index (χ0v) is 16.6.